The molecule has 1 heterocycles. The zero-order valence-electron chi connectivity index (χ0n) is 8.88. The fourth-order valence-electron chi connectivity index (χ4n) is 1.51. The number of aromatic nitrogens is 2. The molecule has 0 spiro atoms. The third-order valence-corrected chi connectivity index (χ3v) is 2.75. The normalized spacial score (nSPS) is 10.7. The van der Waals surface area contributed by atoms with E-state index in [9.17, 15) is 0 Å². The van der Waals surface area contributed by atoms with Gasteiger partial charge in [0, 0.05) is 12.7 Å². The lowest BCUT2D eigenvalue weighted by Crippen LogP contribution is -1.97. The molecule has 14 heavy (non-hydrogen) atoms. The average molecular weight is 259 g/mol. The summed E-state index contributed by atoms with van der Waals surface area (Å²) in [4.78, 5) is 0. The van der Waals surface area contributed by atoms with Crippen LogP contribution in [0.3, 0.4) is 0 Å². The first-order chi connectivity index (χ1) is 6.83. The van der Waals surface area contributed by atoms with E-state index in [1.54, 1.807) is 0 Å². The zero-order chi connectivity index (χ0) is 10.2. The Morgan fingerprint density at radius 3 is 2.57 bits per heavy atom. The molecule has 1 aromatic rings. The molecule has 0 bridgehead atoms. The fourth-order valence-corrected chi connectivity index (χ4v) is 1.84. The number of hydrogen-bond acceptors (Lipinski definition) is 1. The smallest absolute Gasteiger partial charge is 0.0632 e. The summed E-state index contributed by atoms with van der Waals surface area (Å²) in [6.07, 6.45) is 11.9. The molecule has 0 radical (unpaired) electrons. The van der Waals surface area contributed by atoms with E-state index in [0.717, 1.165) is 11.0 Å². The van der Waals surface area contributed by atoms with Crippen molar-refractivity contribution < 1.29 is 0 Å². The van der Waals surface area contributed by atoms with Crippen LogP contribution in [0.15, 0.2) is 16.9 Å². The molecule has 0 saturated heterocycles. The third-order valence-electron chi connectivity index (χ3n) is 2.34. The Bertz CT molecular complexity index is 245. The van der Waals surface area contributed by atoms with E-state index in [1.165, 1.54) is 38.5 Å². The van der Waals surface area contributed by atoms with E-state index >= 15 is 0 Å². The van der Waals surface area contributed by atoms with Gasteiger partial charge in [-0.1, -0.05) is 39.0 Å². The van der Waals surface area contributed by atoms with Crippen LogP contribution in [0, 0.1) is 0 Å². The second kappa shape index (κ2) is 7.04. The van der Waals surface area contributed by atoms with E-state index in [1.807, 2.05) is 17.1 Å². The van der Waals surface area contributed by atoms with Crippen LogP contribution in [0.25, 0.3) is 0 Å². The summed E-state index contributed by atoms with van der Waals surface area (Å²) >= 11 is 3.39. The maximum Gasteiger partial charge on any atom is 0.0632 e. The highest BCUT2D eigenvalue weighted by atomic mass is 79.9. The van der Waals surface area contributed by atoms with Crippen LogP contribution in [-0.4, -0.2) is 9.78 Å². The van der Waals surface area contributed by atoms with E-state index in [0.29, 0.717) is 0 Å². The van der Waals surface area contributed by atoms with Gasteiger partial charge in [0.1, 0.15) is 0 Å². The van der Waals surface area contributed by atoms with Crippen molar-refractivity contribution in [2.45, 2.75) is 52.0 Å². The van der Waals surface area contributed by atoms with E-state index < -0.39 is 0 Å². The molecule has 0 amide bonds. The number of rotatable bonds is 7. The number of unbranched alkanes of at least 4 members (excludes halogenated alkanes) is 5. The molecule has 0 N–H and O–H groups in total. The SMILES string of the molecule is CCCCCCCCn1cc(Br)cn1. The van der Waals surface area contributed by atoms with Gasteiger partial charge in [-0.05, 0) is 22.4 Å². The molecule has 1 aromatic heterocycles. The van der Waals surface area contributed by atoms with Crippen molar-refractivity contribution in [2.24, 2.45) is 0 Å². The molecule has 3 heteroatoms. The van der Waals surface area contributed by atoms with Crippen molar-refractivity contribution in [1.82, 2.24) is 9.78 Å². The highest BCUT2D eigenvalue weighted by Gasteiger charge is 1.94. The van der Waals surface area contributed by atoms with Gasteiger partial charge in [0.15, 0.2) is 0 Å². The van der Waals surface area contributed by atoms with Crippen molar-refractivity contribution in [3.05, 3.63) is 16.9 Å². The minimum absolute atomic E-state index is 1.05. The number of nitrogens with zero attached hydrogens (tertiary/aromatic N) is 2. The highest BCUT2D eigenvalue weighted by Crippen LogP contribution is 2.09. The fraction of sp³-hybridized carbons (Fsp3) is 0.727. The third kappa shape index (κ3) is 4.80. The second-order valence-electron chi connectivity index (χ2n) is 3.69. The lowest BCUT2D eigenvalue weighted by molar-refractivity contribution is 0.527. The molecule has 0 aliphatic rings. The summed E-state index contributed by atoms with van der Waals surface area (Å²) < 4.78 is 3.08. The predicted octanol–water partition coefficient (Wildman–Crippen LogP) is 4.01. The Morgan fingerprint density at radius 1 is 1.21 bits per heavy atom. The van der Waals surface area contributed by atoms with Crippen LogP contribution in [0.4, 0.5) is 0 Å². The maximum atomic E-state index is 4.22. The van der Waals surface area contributed by atoms with Crippen molar-refractivity contribution in [1.29, 1.82) is 0 Å². The second-order valence-corrected chi connectivity index (χ2v) is 4.61. The van der Waals surface area contributed by atoms with Crippen molar-refractivity contribution in [2.75, 3.05) is 0 Å². The molecule has 0 aromatic carbocycles. The summed E-state index contributed by atoms with van der Waals surface area (Å²) in [5, 5.41) is 4.22. The van der Waals surface area contributed by atoms with Gasteiger partial charge < -0.3 is 0 Å². The Hall–Kier alpha value is -0.310. The summed E-state index contributed by atoms with van der Waals surface area (Å²) in [7, 11) is 0. The summed E-state index contributed by atoms with van der Waals surface area (Å²) in [5.41, 5.74) is 0. The van der Waals surface area contributed by atoms with E-state index in [-0.39, 0.29) is 0 Å². The molecule has 0 aliphatic heterocycles. The zero-order valence-corrected chi connectivity index (χ0v) is 10.5. The first-order valence-corrected chi connectivity index (χ1v) is 6.30. The maximum absolute atomic E-state index is 4.22. The Kier molecular flexibility index (Phi) is 5.92. The molecule has 0 atom stereocenters. The molecular weight excluding hydrogens is 240 g/mol. The Morgan fingerprint density at radius 2 is 1.93 bits per heavy atom. The van der Waals surface area contributed by atoms with Crippen molar-refractivity contribution in [3.63, 3.8) is 0 Å². The number of halogens is 1. The van der Waals surface area contributed by atoms with Crippen molar-refractivity contribution >= 4 is 15.9 Å². The van der Waals surface area contributed by atoms with Gasteiger partial charge in [0.05, 0.1) is 10.7 Å². The van der Waals surface area contributed by atoms with Gasteiger partial charge in [-0.3, -0.25) is 4.68 Å². The standard InChI is InChI=1S/C11H19BrN2/c1-2-3-4-5-6-7-8-14-10-11(12)9-13-14/h9-10H,2-8H2,1H3. The summed E-state index contributed by atoms with van der Waals surface area (Å²) in [5.74, 6) is 0. The lowest BCUT2D eigenvalue weighted by atomic mass is 10.1. The largest absolute Gasteiger partial charge is 0.272 e. The molecule has 1 rings (SSSR count). The van der Waals surface area contributed by atoms with Crippen LogP contribution in [0.5, 0.6) is 0 Å². The molecular formula is C11H19BrN2. The van der Waals surface area contributed by atoms with Crippen LogP contribution < -0.4 is 0 Å². The van der Waals surface area contributed by atoms with E-state index in [4.69, 9.17) is 0 Å². The topological polar surface area (TPSA) is 17.8 Å². The van der Waals surface area contributed by atoms with Gasteiger partial charge >= 0.3 is 0 Å². The van der Waals surface area contributed by atoms with E-state index in [2.05, 4.69) is 28.0 Å². The van der Waals surface area contributed by atoms with Gasteiger partial charge in [-0.2, -0.15) is 5.10 Å². The van der Waals surface area contributed by atoms with Crippen LogP contribution in [0.1, 0.15) is 45.4 Å². The van der Waals surface area contributed by atoms with Crippen LogP contribution in [-0.2, 0) is 6.54 Å². The molecule has 0 fully saturated rings. The van der Waals surface area contributed by atoms with Crippen molar-refractivity contribution in [3.8, 4) is 0 Å². The number of aryl methyl sites for hydroxylation is 1. The first-order valence-electron chi connectivity index (χ1n) is 5.51. The quantitative estimate of drug-likeness (QED) is 0.676. The average Bonchev–Trinajstić information content (AvgIpc) is 2.58. The van der Waals surface area contributed by atoms with Gasteiger partial charge in [0.25, 0.3) is 0 Å². The van der Waals surface area contributed by atoms with Crippen LogP contribution in [0.2, 0.25) is 0 Å². The first kappa shape index (κ1) is 11.8. The molecule has 0 unspecified atom stereocenters. The minimum Gasteiger partial charge on any atom is -0.272 e. The minimum atomic E-state index is 1.05. The predicted molar refractivity (Wildman–Crippen MR) is 63.3 cm³/mol. The van der Waals surface area contributed by atoms with Gasteiger partial charge in [-0.25, -0.2) is 0 Å². The number of hydrogen-bond donors (Lipinski definition) is 0. The monoisotopic (exact) mass is 258 g/mol. The van der Waals surface area contributed by atoms with Gasteiger partial charge in [-0.15, -0.1) is 0 Å². The molecule has 2 nitrogen and oxygen atoms in total. The summed E-state index contributed by atoms with van der Waals surface area (Å²) in [6, 6.07) is 0. The lowest BCUT2D eigenvalue weighted by Gasteiger charge is -2.01. The summed E-state index contributed by atoms with van der Waals surface area (Å²) in [6.45, 7) is 3.30. The Balaban J connectivity index is 1.99. The molecule has 80 valence electrons. The van der Waals surface area contributed by atoms with Crippen LogP contribution >= 0.6 is 15.9 Å². The molecule has 0 saturated carbocycles. The molecule has 0 aliphatic carbocycles. The highest BCUT2D eigenvalue weighted by molar-refractivity contribution is 9.10. The Labute approximate surface area is 94.8 Å². The van der Waals surface area contributed by atoms with Gasteiger partial charge in [0.2, 0.25) is 0 Å².